The van der Waals surface area contributed by atoms with E-state index in [1.807, 2.05) is 12.1 Å². The smallest absolute Gasteiger partial charge is 0.336 e. The average Bonchev–Trinajstić information content (AvgIpc) is 3.13. The number of carbonyl (C=O) groups excluding carboxylic acids is 2. The summed E-state index contributed by atoms with van der Waals surface area (Å²) >= 11 is 0. The van der Waals surface area contributed by atoms with Gasteiger partial charge in [-0.25, -0.2) is 19.0 Å². The number of carboxylic acids is 1. The minimum atomic E-state index is -0.978. The number of nitrogens with one attached hydrogen (secondary N) is 4. The summed E-state index contributed by atoms with van der Waals surface area (Å²) in [7, 11) is 3.24. The lowest BCUT2D eigenvalue weighted by Gasteiger charge is -2.38. The Labute approximate surface area is 286 Å². The number of rotatable bonds is 9. The van der Waals surface area contributed by atoms with Crippen LogP contribution in [-0.4, -0.2) is 75.5 Å². The summed E-state index contributed by atoms with van der Waals surface area (Å²) in [5.41, 5.74) is 4.31. The van der Waals surface area contributed by atoms with Crippen LogP contribution in [0.4, 0.5) is 15.3 Å². The molecule has 3 heterocycles. The molecule has 11 heteroatoms. The highest BCUT2D eigenvalue weighted by molar-refractivity contribution is 6.07. The van der Waals surface area contributed by atoms with Crippen molar-refractivity contribution in [2.75, 3.05) is 45.2 Å². The third-order valence-electron chi connectivity index (χ3n) is 10.0. The predicted molar refractivity (Wildman–Crippen MR) is 192 cm³/mol. The number of fused-ring (bicyclic) bond motifs is 2. The Morgan fingerprint density at radius 3 is 2.39 bits per heavy atom. The summed E-state index contributed by atoms with van der Waals surface area (Å²) in [6.07, 6.45) is 8.19. The first-order valence-electron chi connectivity index (χ1n) is 17.5. The van der Waals surface area contributed by atoms with Gasteiger partial charge in [0.05, 0.1) is 11.6 Å². The van der Waals surface area contributed by atoms with Gasteiger partial charge >= 0.3 is 18.0 Å². The fraction of sp³-hybridized carbons (Fsp3) is 0.421. The normalized spacial score (nSPS) is 19.0. The summed E-state index contributed by atoms with van der Waals surface area (Å²) < 4.78 is 9.18. The first-order valence-corrected chi connectivity index (χ1v) is 17.5. The zero-order chi connectivity index (χ0) is 34.3. The average molecular weight is 668 g/mol. The molecule has 2 aromatic rings. The molecule has 4 amide bonds. The van der Waals surface area contributed by atoms with Crippen LogP contribution >= 0.6 is 0 Å². The van der Waals surface area contributed by atoms with Gasteiger partial charge in [0, 0.05) is 93.4 Å². The first kappa shape index (κ1) is 33.8. The number of piperidine rings is 2. The van der Waals surface area contributed by atoms with Crippen molar-refractivity contribution in [2.45, 2.75) is 63.5 Å². The minimum Gasteiger partial charge on any atom is -0.478 e. The summed E-state index contributed by atoms with van der Waals surface area (Å²) in [6.45, 7) is 2.99. The molecule has 1 aliphatic carbocycles. The van der Waals surface area contributed by atoms with Crippen LogP contribution in [0, 0.1) is 0 Å². The van der Waals surface area contributed by atoms with E-state index in [2.05, 4.69) is 67.1 Å². The van der Waals surface area contributed by atoms with Crippen molar-refractivity contribution in [1.29, 1.82) is 0 Å². The number of nitrogens with zero attached hydrogens (tertiary/aromatic N) is 2. The number of aromatic carboxylic acids is 1. The van der Waals surface area contributed by atoms with Crippen LogP contribution in [0.15, 0.2) is 65.1 Å². The van der Waals surface area contributed by atoms with Crippen molar-refractivity contribution in [3.05, 3.63) is 71.6 Å². The Kier molecular flexibility index (Phi) is 10.7. The molecule has 11 nitrogen and oxygen atoms in total. The quantitative estimate of drug-likeness (QED) is 0.123. The maximum Gasteiger partial charge on any atom is 0.336 e. The molecule has 3 aliphatic heterocycles. The van der Waals surface area contributed by atoms with Crippen LogP contribution in [0.1, 0.15) is 61.7 Å². The lowest BCUT2D eigenvalue weighted by Crippen LogP contribution is -2.45. The number of benzene rings is 3. The van der Waals surface area contributed by atoms with Gasteiger partial charge in [-0.2, -0.15) is 0 Å². The maximum atomic E-state index is 12.5. The zero-order valence-electron chi connectivity index (χ0n) is 28.4. The molecule has 0 saturated carbocycles. The van der Waals surface area contributed by atoms with Gasteiger partial charge in [-0.05, 0) is 61.9 Å². The van der Waals surface area contributed by atoms with Crippen LogP contribution in [0.25, 0.3) is 33.4 Å². The molecule has 2 atom stereocenters. The Hall–Kier alpha value is -5.06. The summed E-state index contributed by atoms with van der Waals surface area (Å²) in [5.74, 6) is -0.288. The van der Waals surface area contributed by atoms with Crippen LogP contribution in [0.2, 0.25) is 0 Å². The second-order valence-corrected chi connectivity index (χ2v) is 13.0. The second kappa shape index (κ2) is 15.4. The molecule has 0 bridgehead atoms. The molecule has 6 rings (SSSR count). The maximum absolute atomic E-state index is 12.5. The van der Waals surface area contributed by atoms with Crippen molar-refractivity contribution >= 4 is 34.7 Å². The highest BCUT2D eigenvalue weighted by atomic mass is 16.4. The molecule has 4 aliphatic rings. The monoisotopic (exact) mass is 667 g/mol. The van der Waals surface area contributed by atoms with Crippen molar-refractivity contribution in [1.82, 2.24) is 25.8 Å². The van der Waals surface area contributed by atoms with E-state index in [9.17, 15) is 19.5 Å². The molecule has 5 N–H and O–H groups in total. The van der Waals surface area contributed by atoms with Crippen molar-refractivity contribution in [2.24, 2.45) is 0 Å². The van der Waals surface area contributed by atoms with Gasteiger partial charge < -0.3 is 35.7 Å². The fourth-order valence-corrected chi connectivity index (χ4v) is 7.57. The molecule has 0 radical (unpaired) electrons. The SMILES string of the molecule is CNC(=O)NCCC1CCCCN1c1ccc2c(-c3ccccc3C(=O)O)c3ccc(=[N+]4CCCCC4CCNC(=O)NC)cc-3oc2c1. The van der Waals surface area contributed by atoms with Gasteiger partial charge in [0.25, 0.3) is 0 Å². The predicted octanol–water partition coefficient (Wildman–Crippen LogP) is 5.22. The number of carbonyl (C=O) groups is 3. The number of amides is 4. The van der Waals surface area contributed by atoms with Crippen molar-refractivity contribution < 1.29 is 23.9 Å². The van der Waals surface area contributed by atoms with Gasteiger partial charge in [0.1, 0.15) is 17.9 Å². The number of hydrogen-bond acceptors (Lipinski definition) is 5. The van der Waals surface area contributed by atoms with Crippen LogP contribution in [-0.2, 0) is 0 Å². The van der Waals surface area contributed by atoms with E-state index >= 15 is 0 Å². The second-order valence-electron chi connectivity index (χ2n) is 13.0. The third kappa shape index (κ3) is 7.50. The van der Waals surface area contributed by atoms with E-state index in [4.69, 9.17) is 4.42 Å². The summed E-state index contributed by atoms with van der Waals surface area (Å²) in [5, 5.41) is 23.2. The summed E-state index contributed by atoms with van der Waals surface area (Å²) in [4.78, 5) is 38.5. The molecule has 258 valence electrons. The van der Waals surface area contributed by atoms with E-state index in [-0.39, 0.29) is 29.7 Å². The van der Waals surface area contributed by atoms with Gasteiger partial charge in [-0.1, -0.05) is 18.2 Å². The topological polar surface area (TPSA) is 139 Å². The van der Waals surface area contributed by atoms with Gasteiger partial charge in [-0.15, -0.1) is 0 Å². The van der Waals surface area contributed by atoms with Crippen LogP contribution in [0.5, 0.6) is 0 Å². The lowest BCUT2D eigenvalue weighted by atomic mass is 9.90. The molecule has 0 aromatic heterocycles. The minimum absolute atomic E-state index is 0.177. The fourth-order valence-electron chi connectivity index (χ4n) is 7.57. The Balaban J connectivity index is 1.47. The van der Waals surface area contributed by atoms with E-state index in [1.165, 1.54) is 0 Å². The molecule has 2 aromatic carbocycles. The Morgan fingerprint density at radius 2 is 1.61 bits per heavy atom. The lowest BCUT2D eigenvalue weighted by molar-refractivity contribution is 0.0697. The first-order chi connectivity index (χ1) is 23.9. The van der Waals surface area contributed by atoms with Gasteiger partial charge in [0.15, 0.2) is 6.04 Å². The Bertz CT molecular complexity index is 1870. The van der Waals surface area contributed by atoms with Crippen LogP contribution in [0.3, 0.4) is 0 Å². The number of hydrogen-bond donors (Lipinski definition) is 5. The molecule has 2 unspecified atom stereocenters. The Morgan fingerprint density at radius 1 is 0.857 bits per heavy atom. The van der Waals surface area contributed by atoms with Crippen molar-refractivity contribution in [3.8, 4) is 22.5 Å². The standard InChI is InChI=1S/C38H46N6O5/c1-39-37(47)41-19-17-25-9-5-7-21-43(25)27-13-15-31-33(23-27)49-34-24-28(44-22-8-6-10-26(44)18-20-42-38(48)40-2)14-16-32(34)35(31)29-11-3-4-12-30(29)36(45)46/h3-4,11-16,23-26H,5-10,17-22H2,1-2H3,(H4-,39,40,41,42,45,46,47,48)/p+1. The highest BCUT2D eigenvalue weighted by Gasteiger charge is 2.28. The van der Waals surface area contributed by atoms with E-state index in [0.717, 1.165) is 92.0 Å². The number of anilines is 1. The molecule has 0 spiro atoms. The highest BCUT2D eigenvalue weighted by Crippen LogP contribution is 2.42. The number of carboxylic acid groups (broad SMARTS) is 1. The van der Waals surface area contributed by atoms with E-state index < -0.39 is 5.97 Å². The van der Waals surface area contributed by atoms with E-state index in [1.54, 1.807) is 26.2 Å². The summed E-state index contributed by atoms with van der Waals surface area (Å²) in [6, 6.07) is 19.9. The molecule has 49 heavy (non-hydrogen) atoms. The van der Waals surface area contributed by atoms with Gasteiger partial charge in [0.2, 0.25) is 5.36 Å². The number of urea groups is 2. The van der Waals surface area contributed by atoms with Gasteiger partial charge in [-0.3, -0.25) is 0 Å². The molecular formula is C38H47N6O5+. The largest absolute Gasteiger partial charge is 0.478 e. The molecular weight excluding hydrogens is 620 g/mol. The van der Waals surface area contributed by atoms with Crippen LogP contribution < -0.4 is 36.1 Å². The molecule has 2 saturated heterocycles. The third-order valence-corrected chi connectivity index (χ3v) is 10.0. The molecule has 2 fully saturated rings. The van der Waals surface area contributed by atoms with Crippen molar-refractivity contribution in [3.63, 3.8) is 0 Å². The zero-order valence-corrected chi connectivity index (χ0v) is 28.4. The van der Waals surface area contributed by atoms with E-state index in [0.29, 0.717) is 30.0 Å².